The summed E-state index contributed by atoms with van der Waals surface area (Å²) in [5.41, 5.74) is 1.70. The standard InChI is InChI=1S/C22H22N2O6/c1-15-3-2-4-18(13-15)29-12-11-23-19(25)14-30-22(28)16-5-7-17(8-6-16)24-20(26)9-10-21(24)27/h2-8,13H,9-12,14H2,1H3,(H,23,25). The molecule has 1 heterocycles. The van der Waals surface area contributed by atoms with Crippen LogP contribution in [-0.4, -0.2) is 43.4 Å². The SMILES string of the molecule is Cc1cccc(OCCNC(=O)COC(=O)c2ccc(N3C(=O)CCC3=O)cc2)c1. The van der Waals surface area contributed by atoms with Gasteiger partial charge in [-0.25, -0.2) is 4.79 Å². The average molecular weight is 410 g/mol. The molecule has 2 aromatic rings. The molecule has 1 fully saturated rings. The second-order valence-electron chi connectivity index (χ2n) is 6.76. The van der Waals surface area contributed by atoms with Gasteiger partial charge in [-0.1, -0.05) is 12.1 Å². The van der Waals surface area contributed by atoms with Gasteiger partial charge in [-0.2, -0.15) is 0 Å². The Balaban J connectivity index is 1.40. The zero-order valence-corrected chi connectivity index (χ0v) is 16.6. The van der Waals surface area contributed by atoms with Crippen molar-refractivity contribution >= 4 is 29.4 Å². The predicted octanol–water partition coefficient (Wildman–Crippen LogP) is 2.00. The van der Waals surface area contributed by atoms with E-state index in [2.05, 4.69) is 5.32 Å². The average Bonchev–Trinajstić information content (AvgIpc) is 3.07. The van der Waals surface area contributed by atoms with Crippen LogP contribution < -0.4 is 15.0 Å². The zero-order valence-electron chi connectivity index (χ0n) is 16.6. The molecule has 3 amide bonds. The number of esters is 1. The van der Waals surface area contributed by atoms with Gasteiger partial charge >= 0.3 is 5.97 Å². The number of nitrogens with one attached hydrogen (secondary N) is 1. The molecule has 0 aliphatic carbocycles. The second-order valence-corrected chi connectivity index (χ2v) is 6.76. The van der Waals surface area contributed by atoms with Crippen LogP contribution in [0.2, 0.25) is 0 Å². The van der Waals surface area contributed by atoms with E-state index in [-0.39, 0.29) is 36.8 Å². The number of nitrogens with zero attached hydrogens (tertiary/aromatic N) is 1. The molecule has 0 unspecified atom stereocenters. The largest absolute Gasteiger partial charge is 0.492 e. The third kappa shape index (κ3) is 5.44. The number of carbonyl (C=O) groups excluding carboxylic acids is 4. The van der Waals surface area contributed by atoms with Crippen LogP contribution in [0.5, 0.6) is 5.75 Å². The van der Waals surface area contributed by atoms with Crippen LogP contribution in [0.4, 0.5) is 5.69 Å². The molecular weight excluding hydrogens is 388 g/mol. The summed E-state index contributed by atoms with van der Waals surface area (Å²) >= 11 is 0. The fourth-order valence-corrected chi connectivity index (χ4v) is 2.94. The van der Waals surface area contributed by atoms with Gasteiger partial charge in [0, 0.05) is 12.8 Å². The van der Waals surface area contributed by atoms with Crippen LogP contribution in [0.15, 0.2) is 48.5 Å². The van der Waals surface area contributed by atoms with Crippen molar-refractivity contribution in [2.24, 2.45) is 0 Å². The number of rotatable bonds is 8. The Morgan fingerprint density at radius 2 is 1.73 bits per heavy atom. The molecule has 0 aromatic heterocycles. The summed E-state index contributed by atoms with van der Waals surface area (Å²) < 4.78 is 10.5. The van der Waals surface area contributed by atoms with E-state index in [0.29, 0.717) is 12.3 Å². The highest BCUT2D eigenvalue weighted by Crippen LogP contribution is 2.23. The highest BCUT2D eigenvalue weighted by molar-refractivity contribution is 6.19. The molecule has 1 aliphatic rings. The fraction of sp³-hybridized carbons (Fsp3) is 0.273. The summed E-state index contributed by atoms with van der Waals surface area (Å²) in [6.45, 7) is 2.10. The molecule has 3 rings (SSSR count). The summed E-state index contributed by atoms with van der Waals surface area (Å²) in [4.78, 5) is 48.5. The van der Waals surface area contributed by atoms with Gasteiger partial charge in [-0.15, -0.1) is 0 Å². The summed E-state index contributed by atoms with van der Waals surface area (Å²) in [7, 11) is 0. The lowest BCUT2D eigenvalue weighted by molar-refractivity contribution is -0.124. The number of benzene rings is 2. The Morgan fingerprint density at radius 3 is 2.40 bits per heavy atom. The van der Waals surface area contributed by atoms with Gasteiger partial charge in [0.1, 0.15) is 12.4 Å². The number of imide groups is 1. The molecule has 2 aromatic carbocycles. The van der Waals surface area contributed by atoms with Crippen LogP contribution in [0.3, 0.4) is 0 Å². The van der Waals surface area contributed by atoms with E-state index >= 15 is 0 Å². The molecule has 0 radical (unpaired) electrons. The predicted molar refractivity (Wildman–Crippen MR) is 108 cm³/mol. The number of aryl methyl sites for hydroxylation is 1. The first-order valence-corrected chi connectivity index (χ1v) is 9.53. The van der Waals surface area contributed by atoms with Crippen molar-refractivity contribution in [3.63, 3.8) is 0 Å². The Kier molecular flexibility index (Phi) is 6.79. The third-order valence-corrected chi connectivity index (χ3v) is 4.43. The molecule has 0 atom stereocenters. The molecule has 30 heavy (non-hydrogen) atoms. The van der Waals surface area contributed by atoms with E-state index in [1.807, 2.05) is 31.2 Å². The molecule has 1 saturated heterocycles. The van der Waals surface area contributed by atoms with Gasteiger partial charge in [0.2, 0.25) is 11.8 Å². The van der Waals surface area contributed by atoms with E-state index in [1.165, 1.54) is 24.3 Å². The minimum atomic E-state index is -0.674. The van der Waals surface area contributed by atoms with Crippen molar-refractivity contribution < 1.29 is 28.7 Å². The van der Waals surface area contributed by atoms with Crippen LogP contribution in [0.25, 0.3) is 0 Å². The third-order valence-electron chi connectivity index (χ3n) is 4.43. The normalized spacial score (nSPS) is 13.3. The lowest BCUT2D eigenvalue weighted by atomic mass is 10.2. The number of ether oxygens (including phenoxy) is 2. The summed E-state index contributed by atoms with van der Waals surface area (Å²) in [5.74, 6) is -0.930. The molecule has 0 spiro atoms. The Hall–Kier alpha value is -3.68. The Bertz CT molecular complexity index is 938. The lowest BCUT2D eigenvalue weighted by Gasteiger charge is -2.14. The molecule has 1 N–H and O–H groups in total. The molecule has 8 heteroatoms. The van der Waals surface area contributed by atoms with E-state index in [4.69, 9.17) is 9.47 Å². The van der Waals surface area contributed by atoms with Crippen molar-refractivity contribution in [1.82, 2.24) is 5.32 Å². The van der Waals surface area contributed by atoms with Gasteiger partial charge in [0.05, 0.1) is 17.8 Å². The number of hydrogen-bond acceptors (Lipinski definition) is 6. The van der Waals surface area contributed by atoms with Crippen LogP contribution in [0, 0.1) is 6.92 Å². The maximum atomic E-state index is 12.1. The number of anilines is 1. The smallest absolute Gasteiger partial charge is 0.338 e. The first-order valence-electron chi connectivity index (χ1n) is 9.53. The van der Waals surface area contributed by atoms with E-state index < -0.39 is 18.5 Å². The molecule has 8 nitrogen and oxygen atoms in total. The van der Waals surface area contributed by atoms with Crippen LogP contribution in [-0.2, 0) is 19.1 Å². The van der Waals surface area contributed by atoms with Crippen LogP contribution >= 0.6 is 0 Å². The van der Waals surface area contributed by atoms with Crippen molar-refractivity contribution in [3.05, 3.63) is 59.7 Å². The summed E-state index contributed by atoms with van der Waals surface area (Å²) in [5, 5.41) is 2.61. The minimum Gasteiger partial charge on any atom is -0.492 e. The number of hydrogen-bond donors (Lipinski definition) is 1. The highest BCUT2D eigenvalue weighted by atomic mass is 16.5. The highest BCUT2D eigenvalue weighted by Gasteiger charge is 2.30. The Labute approximate surface area is 173 Å². The lowest BCUT2D eigenvalue weighted by Crippen LogP contribution is -2.32. The van der Waals surface area contributed by atoms with Crippen LogP contribution in [0.1, 0.15) is 28.8 Å². The molecule has 156 valence electrons. The second kappa shape index (κ2) is 9.69. The number of carbonyl (C=O) groups is 4. The number of amides is 3. The summed E-state index contributed by atoms with van der Waals surface area (Å²) in [6, 6.07) is 13.5. The van der Waals surface area contributed by atoms with Crippen molar-refractivity contribution in [3.8, 4) is 5.75 Å². The maximum absolute atomic E-state index is 12.1. The van der Waals surface area contributed by atoms with Gasteiger partial charge in [-0.05, 0) is 48.9 Å². The molecule has 0 bridgehead atoms. The first kappa shape index (κ1) is 21.0. The zero-order chi connectivity index (χ0) is 21.5. The van der Waals surface area contributed by atoms with Crippen molar-refractivity contribution in [2.45, 2.75) is 19.8 Å². The quantitative estimate of drug-likeness (QED) is 0.406. The van der Waals surface area contributed by atoms with E-state index in [0.717, 1.165) is 16.2 Å². The van der Waals surface area contributed by atoms with E-state index in [9.17, 15) is 19.2 Å². The summed E-state index contributed by atoms with van der Waals surface area (Å²) in [6.07, 6.45) is 0.377. The van der Waals surface area contributed by atoms with Gasteiger partial charge in [0.25, 0.3) is 5.91 Å². The van der Waals surface area contributed by atoms with Crippen molar-refractivity contribution in [1.29, 1.82) is 0 Å². The van der Waals surface area contributed by atoms with Gasteiger partial charge in [-0.3, -0.25) is 19.3 Å². The fourth-order valence-electron chi connectivity index (χ4n) is 2.94. The monoisotopic (exact) mass is 410 g/mol. The first-order chi connectivity index (χ1) is 14.4. The molecule has 1 aliphatic heterocycles. The van der Waals surface area contributed by atoms with Gasteiger partial charge in [0.15, 0.2) is 6.61 Å². The molecule has 0 saturated carbocycles. The van der Waals surface area contributed by atoms with Gasteiger partial charge < -0.3 is 14.8 Å². The topological polar surface area (TPSA) is 102 Å². The van der Waals surface area contributed by atoms with Crippen molar-refractivity contribution in [2.75, 3.05) is 24.7 Å². The Morgan fingerprint density at radius 1 is 1.03 bits per heavy atom. The maximum Gasteiger partial charge on any atom is 0.338 e. The molecular formula is C22H22N2O6. The minimum absolute atomic E-state index is 0.188. The van der Waals surface area contributed by atoms with E-state index in [1.54, 1.807) is 0 Å².